The molecule has 3 atom stereocenters. The lowest BCUT2D eigenvalue weighted by Crippen LogP contribution is -2.45. The summed E-state index contributed by atoms with van der Waals surface area (Å²) in [4.78, 5) is 23.9. The van der Waals surface area contributed by atoms with Gasteiger partial charge in [0.25, 0.3) is 6.92 Å². The van der Waals surface area contributed by atoms with Crippen molar-refractivity contribution < 1.29 is 19.7 Å². The Labute approximate surface area is 145 Å². The Hall–Kier alpha value is -1.08. The molecule has 0 unspecified atom stereocenters. The van der Waals surface area contributed by atoms with E-state index in [1.54, 1.807) is 6.82 Å². The number of rotatable bonds is 10. The molecule has 0 aromatic rings. The van der Waals surface area contributed by atoms with Crippen molar-refractivity contribution in [3.05, 3.63) is 0 Å². The van der Waals surface area contributed by atoms with Crippen LogP contribution in [0.5, 0.6) is 0 Å². The molecular weight excluding hydrogens is 307 g/mol. The van der Waals surface area contributed by atoms with Gasteiger partial charge in [-0.15, -0.1) is 0 Å². The first-order valence-electron chi connectivity index (χ1n) is 9.13. The Balaban J connectivity index is 2.52. The van der Waals surface area contributed by atoms with Crippen molar-refractivity contribution in [1.82, 2.24) is 5.32 Å². The number of carboxylic acids is 1. The summed E-state index contributed by atoms with van der Waals surface area (Å²) in [5, 5.41) is 21.9. The first-order chi connectivity index (χ1) is 11.2. The van der Waals surface area contributed by atoms with Gasteiger partial charge >= 0.3 is 5.97 Å². The van der Waals surface area contributed by atoms with E-state index in [0.717, 1.165) is 12.8 Å². The molecule has 6 nitrogen and oxygen atoms in total. The summed E-state index contributed by atoms with van der Waals surface area (Å²) in [6.45, 7) is 5.44. The van der Waals surface area contributed by atoms with Crippen LogP contribution in [0, 0.1) is 11.3 Å². The van der Waals surface area contributed by atoms with Crippen molar-refractivity contribution >= 4 is 18.8 Å². The fourth-order valence-electron chi connectivity index (χ4n) is 3.60. The lowest BCUT2D eigenvalue weighted by atomic mass is 9.66. The Morgan fingerprint density at radius 1 is 1.38 bits per heavy atom. The second kappa shape index (κ2) is 9.42. The molecule has 0 aromatic heterocycles. The molecular formula is C17H33BN2O4. The maximum absolute atomic E-state index is 12.1. The summed E-state index contributed by atoms with van der Waals surface area (Å²) in [5.41, 5.74) is 5.15. The maximum atomic E-state index is 12.1. The van der Waals surface area contributed by atoms with Gasteiger partial charge in [-0.1, -0.05) is 33.5 Å². The van der Waals surface area contributed by atoms with E-state index in [4.69, 9.17) is 5.73 Å². The molecule has 0 saturated heterocycles. The number of nitrogens with two attached hydrogens (primary N) is 1. The molecule has 1 saturated carbocycles. The second-order valence-electron chi connectivity index (χ2n) is 7.86. The Morgan fingerprint density at radius 3 is 2.58 bits per heavy atom. The second-order valence-corrected chi connectivity index (χ2v) is 7.86. The number of carboxylic acid groups (broad SMARTS) is 1. The standard InChI is InChI=1S/C17H33BN2O4/c1-12(2)10-14(19)15(21)20-13-6-8-17(11-13,16(22)23)7-4-5-9-18(3)24/h12-14,24H,4-11,19H2,1-3H3,(H,20,21)(H,22,23)/t13-,14-,17+/m0/s1. The van der Waals surface area contributed by atoms with Crippen LogP contribution in [0.25, 0.3) is 0 Å². The molecule has 138 valence electrons. The Kier molecular flexibility index (Phi) is 8.23. The molecule has 0 bridgehead atoms. The minimum absolute atomic E-state index is 0.108. The van der Waals surface area contributed by atoms with Crippen molar-refractivity contribution in [3.8, 4) is 0 Å². The summed E-state index contributed by atoms with van der Waals surface area (Å²) >= 11 is 0. The molecule has 0 heterocycles. The van der Waals surface area contributed by atoms with Gasteiger partial charge in [-0.2, -0.15) is 0 Å². The molecule has 5 N–H and O–H groups in total. The molecule has 1 aliphatic carbocycles. The maximum Gasteiger partial charge on any atom is 0.309 e. The summed E-state index contributed by atoms with van der Waals surface area (Å²) in [5.74, 6) is -0.604. The monoisotopic (exact) mass is 340 g/mol. The van der Waals surface area contributed by atoms with Crippen LogP contribution in [0.4, 0.5) is 0 Å². The topological polar surface area (TPSA) is 113 Å². The number of nitrogens with one attached hydrogen (secondary N) is 1. The minimum Gasteiger partial charge on any atom is -0.481 e. The van der Waals surface area contributed by atoms with E-state index in [2.05, 4.69) is 5.32 Å². The number of carbonyl (C=O) groups is 2. The van der Waals surface area contributed by atoms with E-state index in [1.807, 2.05) is 13.8 Å². The van der Waals surface area contributed by atoms with E-state index >= 15 is 0 Å². The van der Waals surface area contributed by atoms with Gasteiger partial charge < -0.3 is 21.2 Å². The van der Waals surface area contributed by atoms with E-state index in [1.165, 1.54) is 0 Å². The first-order valence-corrected chi connectivity index (χ1v) is 9.13. The highest BCUT2D eigenvalue weighted by molar-refractivity contribution is 6.48. The van der Waals surface area contributed by atoms with Crippen LogP contribution in [-0.2, 0) is 9.59 Å². The molecule has 1 rings (SSSR count). The van der Waals surface area contributed by atoms with Gasteiger partial charge in [0, 0.05) is 6.04 Å². The minimum atomic E-state index is -0.775. The van der Waals surface area contributed by atoms with Crippen molar-refractivity contribution in [3.63, 3.8) is 0 Å². The molecule has 7 heteroatoms. The molecule has 0 aliphatic heterocycles. The summed E-state index contributed by atoms with van der Waals surface area (Å²) in [6.07, 6.45) is 5.26. The molecule has 1 fully saturated rings. The number of unbranched alkanes of at least 4 members (excludes halogenated alkanes) is 1. The van der Waals surface area contributed by atoms with Crippen LogP contribution < -0.4 is 11.1 Å². The average Bonchev–Trinajstić information content (AvgIpc) is 2.87. The Bertz CT molecular complexity index is 431. The van der Waals surface area contributed by atoms with Crippen molar-refractivity contribution in [2.75, 3.05) is 0 Å². The molecule has 0 radical (unpaired) electrons. The third kappa shape index (κ3) is 6.44. The average molecular weight is 340 g/mol. The first kappa shape index (κ1) is 21.0. The van der Waals surface area contributed by atoms with Gasteiger partial charge in [0.15, 0.2) is 0 Å². The van der Waals surface area contributed by atoms with Gasteiger partial charge in [0.05, 0.1) is 11.5 Å². The van der Waals surface area contributed by atoms with E-state index in [0.29, 0.717) is 44.3 Å². The predicted molar refractivity (Wildman–Crippen MR) is 95.8 cm³/mol. The van der Waals surface area contributed by atoms with Gasteiger partial charge in [-0.3, -0.25) is 9.59 Å². The molecule has 0 spiro atoms. The highest BCUT2D eigenvalue weighted by atomic mass is 16.4. The quantitative estimate of drug-likeness (QED) is 0.358. The van der Waals surface area contributed by atoms with Crippen LogP contribution in [0.1, 0.15) is 58.8 Å². The van der Waals surface area contributed by atoms with Gasteiger partial charge in [-0.25, -0.2) is 0 Å². The highest BCUT2D eigenvalue weighted by Gasteiger charge is 2.45. The number of hydrogen-bond acceptors (Lipinski definition) is 4. The van der Waals surface area contributed by atoms with Crippen molar-refractivity contribution in [2.45, 2.75) is 84.0 Å². The zero-order chi connectivity index (χ0) is 18.3. The third-order valence-electron chi connectivity index (χ3n) is 5.00. The van der Waals surface area contributed by atoms with Crippen LogP contribution >= 0.6 is 0 Å². The highest BCUT2D eigenvalue weighted by Crippen LogP contribution is 2.43. The lowest BCUT2D eigenvalue weighted by molar-refractivity contribution is -0.149. The number of amides is 1. The fraction of sp³-hybridized carbons (Fsp3) is 0.882. The normalized spacial score (nSPS) is 24.8. The predicted octanol–water partition coefficient (Wildman–Crippen LogP) is 1.88. The van der Waals surface area contributed by atoms with Crippen LogP contribution in [0.3, 0.4) is 0 Å². The molecule has 1 aliphatic rings. The number of hydrogen-bond donors (Lipinski definition) is 4. The van der Waals surface area contributed by atoms with Crippen molar-refractivity contribution in [1.29, 1.82) is 0 Å². The van der Waals surface area contributed by atoms with Gasteiger partial charge in [0.1, 0.15) is 0 Å². The largest absolute Gasteiger partial charge is 0.481 e. The summed E-state index contributed by atoms with van der Waals surface area (Å²) in [6, 6.07) is -0.639. The number of aliphatic carboxylic acids is 1. The lowest BCUT2D eigenvalue weighted by Gasteiger charge is -2.25. The van der Waals surface area contributed by atoms with Gasteiger partial charge in [-0.05, 0) is 44.3 Å². The van der Waals surface area contributed by atoms with Crippen molar-refractivity contribution in [2.24, 2.45) is 17.1 Å². The third-order valence-corrected chi connectivity index (χ3v) is 5.00. The SMILES string of the molecule is CB(O)CCCC[C@@]1(C(=O)O)CC[C@H](NC(=O)[C@@H](N)CC(C)C)C1. The van der Waals surface area contributed by atoms with Crippen LogP contribution in [0.15, 0.2) is 0 Å². The zero-order valence-corrected chi connectivity index (χ0v) is 15.3. The molecule has 0 aromatic carbocycles. The van der Waals surface area contributed by atoms with E-state index in [-0.39, 0.29) is 18.9 Å². The fourth-order valence-corrected chi connectivity index (χ4v) is 3.60. The molecule has 24 heavy (non-hydrogen) atoms. The van der Waals surface area contributed by atoms with Crippen LogP contribution in [-0.4, -0.2) is 41.0 Å². The van der Waals surface area contributed by atoms with E-state index in [9.17, 15) is 19.7 Å². The number of carbonyl (C=O) groups excluding carboxylic acids is 1. The zero-order valence-electron chi connectivity index (χ0n) is 15.3. The smallest absolute Gasteiger partial charge is 0.309 e. The Morgan fingerprint density at radius 2 is 2.04 bits per heavy atom. The molecule has 1 amide bonds. The van der Waals surface area contributed by atoms with Gasteiger partial charge in [0.2, 0.25) is 5.91 Å². The summed E-state index contributed by atoms with van der Waals surface area (Å²) < 4.78 is 0. The van der Waals surface area contributed by atoms with Crippen LogP contribution in [0.2, 0.25) is 13.1 Å². The summed E-state index contributed by atoms with van der Waals surface area (Å²) in [7, 11) is 0. The van der Waals surface area contributed by atoms with E-state index < -0.39 is 17.4 Å².